The van der Waals surface area contributed by atoms with Gasteiger partial charge in [0.05, 0.1) is 13.2 Å². The molecule has 3 atom stereocenters. The van der Waals surface area contributed by atoms with E-state index in [1.54, 1.807) is 14.0 Å². The molecule has 0 saturated heterocycles. The van der Waals surface area contributed by atoms with E-state index < -0.39 is 6.09 Å². The molecule has 124 valence electrons. The Morgan fingerprint density at radius 2 is 2.04 bits per heavy atom. The van der Waals surface area contributed by atoms with Gasteiger partial charge in [-0.1, -0.05) is 6.92 Å². The van der Waals surface area contributed by atoms with Gasteiger partial charge < -0.3 is 20.1 Å². The Morgan fingerprint density at radius 1 is 1.35 bits per heavy atom. The molecular weight excluding hydrogens is 296 g/mol. The fourth-order valence-electron chi connectivity index (χ4n) is 3.80. The molecule has 1 heterocycles. The fourth-order valence-corrected chi connectivity index (χ4v) is 3.80. The molecule has 0 unspecified atom stereocenters. The highest BCUT2D eigenvalue weighted by Gasteiger charge is 2.47. The van der Waals surface area contributed by atoms with Gasteiger partial charge >= 0.3 is 6.09 Å². The monoisotopic (exact) mass is 318 g/mol. The molecule has 1 aromatic carbocycles. The molecule has 1 fully saturated rings. The first-order valence-corrected chi connectivity index (χ1v) is 7.91. The smallest absolute Gasteiger partial charge is 0.405 e. The van der Waals surface area contributed by atoms with Crippen molar-refractivity contribution >= 4 is 17.7 Å². The number of anilines is 1. The minimum Gasteiger partial charge on any atom is -0.497 e. The van der Waals surface area contributed by atoms with Crippen LogP contribution in [0.4, 0.5) is 10.5 Å². The zero-order chi connectivity index (χ0) is 16.7. The van der Waals surface area contributed by atoms with Crippen LogP contribution in [0.1, 0.15) is 38.3 Å². The van der Waals surface area contributed by atoms with Crippen LogP contribution in [0.15, 0.2) is 18.2 Å². The predicted molar refractivity (Wildman–Crippen MR) is 85.7 cm³/mol. The molecule has 2 N–H and O–H groups in total. The third-order valence-corrected chi connectivity index (χ3v) is 4.92. The highest BCUT2D eigenvalue weighted by atomic mass is 16.5. The van der Waals surface area contributed by atoms with Crippen LogP contribution in [-0.4, -0.2) is 30.3 Å². The van der Waals surface area contributed by atoms with Gasteiger partial charge in [0.25, 0.3) is 0 Å². The van der Waals surface area contributed by atoms with Crippen molar-refractivity contribution in [1.29, 1.82) is 0 Å². The highest BCUT2D eigenvalue weighted by molar-refractivity contribution is 5.94. The third-order valence-electron chi connectivity index (χ3n) is 4.92. The Kier molecular flexibility index (Phi) is 3.92. The summed E-state index contributed by atoms with van der Waals surface area (Å²) in [6.07, 6.45) is 1.12. The van der Waals surface area contributed by atoms with Crippen LogP contribution in [0.3, 0.4) is 0 Å². The van der Waals surface area contributed by atoms with Gasteiger partial charge in [-0.2, -0.15) is 0 Å². The molecule has 3 rings (SSSR count). The molecule has 1 aliphatic heterocycles. The Bertz CT molecular complexity index is 641. The Morgan fingerprint density at radius 3 is 2.57 bits per heavy atom. The molecule has 0 radical (unpaired) electrons. The summed E-state index contributed by atoms with van der Waals surface area (Å²) >= 11 is 0. The second kappa shape index (κ2) is 5.76. The summed E-state index contributed by atoms with van der Waals surface area (Å²) in [6, 6.07) is 5.18. The number of hydrogen-bond acceptors (Lipinski definition) is 3. The number of nitrogens with zero attached hydrogens (tertiary/aromatic N) is 1. The van der Waals surface area contributed by atoms with Crippen molar-refractivity contribution in [2.75, 3.05) is 12.0 Å². The van der Waals surface area contributed by atoms with E-state index in [1.165, 1.54) is 0 Å². The number of nitrogens with one attached hydrogen (secondary N) is 1. The van der Waals surface area contributed by atoms with Crippen LogP contribution in [-0.2, 0) is 4.79 Å². The summed E-state index contributed by atoms with van der Waals surface area (Å²) in [5.41, 5.74) is 1.58. The first-order valence-electron chi connectivity index (χ1n) is 7.91. The number of fused-ring (bicyclic) bond motifs is 1. The molecule has 2 aliphatic rings. The van der Waals surface area contributed by atoms with Crippen LogP contribution in [0.5, 0.6) is 5.75 Å². The number of carbonyl (C=O) groups excluding carboxylic acids is 1. The van der Waals surface area contributed by atoms with Gasteiger partial charge in [0, 0.05) is 30.1 Å². The van der Waals surface area contributed by atoms with Crippen LogP contribution >= 0.6 is 0 Å². The second-order valence-corrected chi connectivity index (χ2v) is 6.43. The average Bonchev–Trinajstić information content (AvgIpc) is 3.32. The molecule has 1 saturated carbocycles. The minimum atomic E-state index is -1.05. The lowest BCUT2D eigenvalue weighted by atomic mass is 9.80. The van der Waals surface area contributed by atoms with E-state index >= 15 is 0 Å². The lowest BCUT2D eigenvalue weighted by Crippen LogP contribution is -2.53. The molecule has 1 aliphatic carbocycles. The van der Waals surface area contributed by atoms with Gasteiger partial charge in [0.1, 0.15) is 5.75 Å². The summed E-state index contributed by atoms with van der Waals surface area (Å²) in [7, 11) is 1.57. The molecule has 6 nitrogen and oxygen atoms in total. The normalized spacial score (nSPS) is 26.4. The first kappa shape index (κ1) is 15.6. The topological polar surface area (TPSA) is 78.9 Å². The van der Waals surface area contributed by atoms with Gasteiger partial charge in [-0.15, -0.1) is 0 Å². The molecule has 0 spiro atoms. The average molecular weight is 318 g/mol. The number of rotatable bonds is 3. The maximum absolute atomic E-state index is 12.3. The van der Waals surface area contributed by atoms with Gasteiger partial charge in [-0.3, -0.25) is 4.79 Å². The number of methoxy groups -OCH3 is 1. The maximum atomic E-state index is 12.3. The van der Waals surface area contributed by atoms with Gasteiger partial charge in [0.15, 0.2) is 0 Å². The van der Waals surface area contributed by atoms with Crippen LogP contribution in [0.25, 0.3) is 0 Å². The van der Waals surface area contributed by atoms with Crippen LogP contribution in [0, 0.1) is 11.8 Å². The van der Waals surface area contributed by atoms with Crippen molar-refractivity contribution in [2.45, 2.75) is 38.8 Å². The fraction of sp³-hybridized carbons (Fsp3) is 0.529. The second-order valence-electron chi connectivity index (χ2n) is 6.43. The van der Waals surface area contributed by atoms with Gasteiger partial charge in [-0.05, 0) is 37.0 Å². The summed E-state index contributed by atoms with van der Waals surface area (Å²) in [6.45, 7) is 3.59. The van der Waals surface area contributed by atoms with E-state index in [2.05, 4.69) is 5.32 Å². The quantitative estimate of drug-likeness (QED) is 0.898. The Hall–Kier alpha value is -2.24. The highest BCUT2D eigenvalue weighted by Crippen LogP contribution is 2.49. The minimum absolute atomic E-state index is 0.00195. The van der Waals surface area contributed by atoms with Crippen molar-refractivity contribution in [1.82, 2.24) is 5.32 Å². The zero-order valence-corrected chi connectivity index (χ0v) is 13.6. The Labute approximate surface area is 135 Å². The molecule has 1 aromatic rings. The predicted octanol–water partition coefficient (Wildman–Crippen LogP) is 2.79. The Balaban J connectivity index is 2.13. The number of carboxylic acid groups (broad SMARTS) is 1. The van der Waals surface area contributed by atoms with E-state index in [0.29, 0.717) is 11.7 Å². The summed E-state index contributed by atoms with van der Waals surface area (Å²) in [5, 5.41) is 11.9. The van der Waals surface area contributed by atoms with Gasteiger partial charge in [0.2, 0.25) is 5.91 Å². The zero-order valence-electron chi connectivity index (χ0n) is 13.6. The summed E-state index contributed by atoms with van der Waals surface area (Å²) in [4.78, 5) is 25.4. The molecule has 0 aromatic heterocycles. The van der Waals surface area contributed by atoms with E-state index in [-0.39, 0.29) is 23.9 Å². The molecule has 23 heavy (non-hydrogen) atoms. The van der Waals surface area contributed by atoms with Crippen molar-refractivity contribution in [3.63, 3.8) is 0 Å². The van der Waals surface area contributed by atoms with Crippen LogP contribution < -0.4 is 15.0 Å². The van der Waals surface area contributed by atoms with E-state index in [0.717, 1.165) is 24.1 Å². The SMILES string of the molecule is COc1ccc2c(c1)[C@H](NC(=O)O)[C@@H](C)[C@@H](C1CC1)N2C(C)=O. The molecular formula is C17H22N2O4. The number of amides is 2. The van der Waals surface area contributed by atoms with Crippen LogP contribution in [0.2, 0.25) is 0 Å². The molecule has 2 amide bonds. The van der Waals surface area contributed by atoms with E-state index in [4.69, 9.17) is 4.74 Å². The summed E-state index contributed by atoms with van der Waals surface area (Å²) < 4.78 is 5.27. The third kappa shape index (κ3) is 2.73. The maximum Gasteiger partial charge on any atom is 0.405 e. The number of carbonyl (C=O) groups is 2. The lowest BCUT2D eigenvalue weighted by molar-refractivity contribution is -0.117. The van der Waals surface area contributed by atoms with Crippen molar-refractivity contribution in [3.8, 4) is 5.75 Å². The van der Waals surface area contributed by atoms with Crippen molar-refractivity contribution in [3.05, 3.63) is 23.8 Å². The van der Waals surface area contributed by atoms with E-state index in [9.17, 15) is 14.7 Å². The lowest BCUT2D eigenvalue weighted by Gasteiger charge is -2.45. The number of benzene rings is 1. The number of hydrogen-bond donors (Lipinski definition) is 2. The van der Waals surface area contributed by atoms with Crippen molar-refractivity contribution < 1.29 is 19.4 Å². The first-order chi connectivity index (χ1) is 10.9. The van der Waals surface area contributed by atoms with E-state index in [1.807, 2.05) is 30.0 Å². The van der Waals surface area contributed by atoms with Gasteiger partial charge in [-0.25, -0.2) is 4.79 Å². The molecule has 0 bridgehead atoms. The standard InChI is InChI=1S/C17H22N2O4/c1-9-15(18-17(21)22)13-8-12(23-3)6-7-14(13)19(10(2)20)16(9)11-4-5-11/h6-9,11,15-16,18H,4-5H2,1-3H3,(H,21,22)/t9-,15-,16+/m1/s1. The largest absolute Gasteiger partial charge is 0.497 e. The number of ether oxygens (including phenoxy) is 1. The molecule has 6 heteroatoms. The summed E-state index contributed by atoms with van der Waals surface area (Å²) in [5.74, 6) is 1.10. The van der Waals surface area contributed by atoms with Crippen molar-refractivity contribution in [2.24, 2.45) is 11.8 Å².